The van der Waals surface area contributed by atoms with Crippen molar-refractivity contribution in [1.82, 2.24) is 15.1 Å². The molecule has 3 rings (SSSR count). The fourth-order valence-corrected chi connectivity index (χ4v) is 2.31. The Labute approximate surface area is 106 Å². The van der Waals surface area contributed by atoms with Gasteiger partial charge in [0.2, 0.25) is 5.78 Å². The van der Waals surface area contributed by atoms with Crippen LogP contribution < -0.4 is 5.32 Å². The minimum absolute atomic E-state index is 0.0102. The maximum atomic E-state index is 12.2. The summed E-state index contributed by atoms with van der Waals surface area (Å²) in [7, 11) is 1.81. The number of fused-ring (bicyclic) bond motifs is 1. The van der Waals surface area contributed by atoms with Crippen LogP contribution in [0.25, 0.3) is 0 Å². The lowest BCUT2D eigenvalue weighted by Gasteiger charge is -2.17. The fraction of sp³-hybridized carbons (Fsp3) is 0.286. The molecule has 18 heavy (non-hydrogen) atoms. The highest BCUT2D eigenvalue weighted by atomic mass is 16.1. The fourth-order valence-electron chi connectivity index (χ4n) is 2.31. The first kappa shape index (κ1) is 11.2. The molecule has 0 atom stereocenters. The first-order valence-corrected chi connectivity index (χ1v) is 6.11. The number of carbonyl (C=O) groups excluding carboxylic acids is 1. The molecule has 1 aliphatic heterocycles. The van der Waals surface area contributed by atoms with Crippen LogP contribution in [-0.2, 0) is 20.0 Å². The van der Waals surface area contributed by atoms with Crippen LogP contribution in [0.15, 0.2) is 30.5 Å². The Morgan fingerprint density at radius 1 is 1.33 bits per heavy atom. The summed E-state index contributed by atoms with van der Waals surface area (Å²) in [5.41, 5.74) is 3.78. The normalized spacial score (nSPS) is 14.3. The Morgan fingerprint density at radius 3 is 3.00 bits per heavy atom. The van der Waals surface area contributed by atoms with E-state index >= 15 is 0 Å². The van der Waals surface area contributed by atoms with Crippen LogP contribution in [0.5, 0.6) is 0 Å². The number of aryl methyl sites for hydroxylation is 1. The van der Waals surface area contributed by atoms with Gasteiger partial charge in [-0.25, -0.2) is 0 Å². The van der Waals surface area contributed by atoms with Crippen LogP contribution >= 0.6 is 0 Å². The number of aromatic nitrogens is 2. The molecular formula is C14H15N3O. The molecule has 0 aliphatic carbocycles. The van der Waals surface area contributed by atoms with E-state index in [1.54, 1.807) is 16.9 Å². The topological polar surface area (TPSA) is 46.9 Å². The van der Waals surface area contributed by atoms with Gasteiger partial charge in [0.05, 0.1) is 0 Å². The van der Waals surface area contributed by atoms with Gasteiger partial charge in [-0.1, -0.05) is 12.1 Å². The quantitative estimate of drug-likeness (QED) is 0.806. The zero-order valence-electron chi connectivity index (χ0n) is 10.3. The molecule has 1 aromatic carbocycles. The minimum Gasteiger partial charge on any atom is -0.312 e. The number of nitrogens with zero attached hydrogens (tertiary/aromatic N) is 2. The zero-order valence-corrected chi connectivity index (χ0v) is 10.3. The number of hydrogen-bond donors (Lipinski definition) is 1. The summed E-state index contributed by atoms with van der Waals surface area (Å²) < 4.78 is 1.65. The highest BCUT2D eigenvalue weighted by Gasteiger charge is 2.15. The van der Waals surface area contributed by atoms with Crippen molar-refractivity contribution in [2.24, 2.45) is 7.05 Å². The van der Waals surface area contributed by atoms with E-state index in [-0.39, 0.29) is 5.78 Å². The lowest BCUT2D eigenvalue weighted by Crippen LogP contribution is -2.23. The molecule has 0 saturated heterocycles. The van der Waals surface area contributed by atoms with E-state index in [1.165, 1.54) is 11.1 Å². The van der Waals surface area contributed by atoms with Gasteiger partial charge in [-0.05, 0) is 36.2 Å². The van der Waals surface area contributed by atoms with Crippen molar-refractivity contribution < 1.29 is 4.79 Å². The average molecular weight is 241 g/mol. The Balaban J connectivity index is 1.95. The summed E-state index contributed by atoms with van der Waals surface area (Å²) in [5, 5.41) is 7.47. The zero-order chi connectivity index (χ0) is 12.5. The number of nitrogens with one attached hydrogen (secondary N) is 1. The SMILES string of the molecule is Cn1ccc(C(=O)c2ccc3c(c2)CNCC3)n1. The molecule has 0 radical (unpaired) electrons. The molecule has 0 unspecified atom stereocenters. The molecule has 0 saturated carbocycles. The van der Waals surface area contributed by atoms with Crippen LogP contribution in [0.2, 0.25) is 0 Å². The van der Waals surface area contributed by atoms with E-state index < -0.39 is 0 Å². The highest BCUT2D eigenvalue weighted by molar-refractivity contribution is 6.07. The molecular weight excluding hydrogens is 226 g/mol. The van der Waals surface area contributed by atoms with E-state index in [9.17, 15) is 4.79 Å². The first-order valence-electron chi connectivity index (χ1n) is 6.11. The van der Waals surface area contributed by atoms with E-state index in [4.69, 9.17) is 0 Å². The first-order chi connectivity index (χ1) is 8.74. The van der Waals surface area contributed by atoms with E-state index in [0.717, 1.165) is 25.1 Å². The van der Waals surface area contributed by atoms with Crippen molar-refractivity contribution in [3.63, 3.8) is 0 Å². The molecule has 4 nitrogen and oxygen atoms in total. The Bertz CT molecular complexity index is 601. The summed E-state index contributed by atoms with van der Waals surface area (Å²) in [6, 6.07) is 7.70. The second-order valence-electron chi connectivity index (χ2n) is 4.61. The maximum absolute atomic E-state index is 12.2. The molecule has 2 heterocycles. The van der Waals surface area contributed by atoms with Crippen molar-refractivity contribution in [2.75, 3.05) is 6.54 Å². The molecule has 92 valence electrons. The molecule has 1 N–H and O–H groups in total. The molecule has 0 spiro atoms. The molecule has 1 aliphatic rings. The van der Waals surface area contributed by atoms with Crippen LogP contribution in [0.3, 0.4) is 0 Å². The lowest BCUT2D eigenvalue weighted by molar-refractivity contribution is 0.103. The molecule has 1 aromatic heterocycles. The second-order valence-corrected chi connectivity index (χ2v) is 4.61. The van der Waals surface area contributed by atoms with Crippen LogP contribution in [-0.4, -0.2) is 22.1 Å². The predicted molar refractivity (Wildman–Crippen MR) is 68.5 cm³/mol. The monoisotopic (exact) mass is 241 g/mol. The van der Waals surface area contributed by atoms with E-state index in [0.29, 0.717) is 5.69 Å². The number of ketones is 1. The Morgan fingerprint density at radius 2 is 2.22 bits per heavy atom. The van der Waals surface area contributed by atoms with Crippen molar-refractivity contribution >= 4 is 5.78 Å². The van der Waals surface area contributed by atoms with Gasteiger partial charge in [-0.2, -0.15) is 5.10 Å². The number of carbonyl (C=O) groups is 1. The standard InChI is InChI=1S/C14H15N3O/c1-17-7-5-13(16-17)14(18)11-3-2-10-4-6-15-9-12(10)8-11/h2-3,5,7-8,15H,4,6,9H2,1H3. The summed E-state index contributed by atoms with van der Waals surface area (Å²) in [6.45, 7) is 1.86. The van der Waals surface area contributed by atoms with Gasteiger partial charge in [0.15, 0.2) is 0 Å². The number of hydrogen-bond acceptors (Lipinski definition) is 3. The van der Waals surface area contributed by atoms with Crippen molar-refractivity contribution in [3.05, 3.63) is 52.8 Å². The second kappa shape index (κ2) is 4.38. The Kier molecular flexibility index (Phi) is 2.72. The van der Waals surface area contributed by atoms with Crippen molar-refractivity contribution in [1.29, 1.82) is 0 Å². The summed E-state index contributed by atoms with van der Waals surface area (Å²) in [6.07, 6.45) is 2.82. The van der Waals surface area contributed by atoms with Gasteiger partial charge in [-0.3, -0.25) is 9.48 Å². The average Bonchev–Trinajstić information content (AvgIpc) is 2.84. The summed E-state index contributed by atoms with van der Waals surface area (Å²) >= 11 is 0. The third-order valence-electron chi connectivity index (χ3n) is 3.30. The van der Waals surface area contributed by atoms with Crippen LogP contribution in [0.1, 0.15) is 27.2 Å². The smallest absolute Gasteiger partial charge is 0.213 e. The maximum Gasteiger partial charge on any atom is 0.213 e. The van der Waals surface area contributed by atoms with E-state index in [2.05, 4.69) is 16.5 Å². The largest absolute Gasteiger partial charge is 0.312 e. The van der Waals surface area contributed by atoms with Gasteiger partial charge in [0.1, 0.15) is 5.69 Å². The minimum atomic E-state index is -0.0102. The van der Waals surface area contributed by atoms with Gasteiger partial charge in [0, 0.05) is 25.4 Å². The third-order valence-corrected chi connectivity index (χ3v) is 3.30. The number of benzene rings is 1. The van der Waals surface area contributed by atoms with Gasteiger partial charge in [0.25, 0.3) is 0 Å². The van der Waals surface area contributed by atoms with Crippen molar-refractivity contribution in [2.45, 2.75) is 13.0 Å². The molecule has 0 fully saturated rings. The Hall–Kier alpha value is -1.94. The van der Waals surface area contributed by atoms with Crippen LogP contribution in [0, 0.1) is 0 Å². The third kappa shape index (κ3) is 1.95. The molecule has 0 bridgehead atoms. The molecule has 2 aromatic rings. The van der Waals surface area contributed by atoms with Gasteiger partial charge >= 0.3 is 0 Å². The highest BCUT2D eigenvalue weighted by Crippen LogP contribution is 2.17. The molecule has 0 amide bonds. The van der Waals surface area contributed by atoms with Crippen molar-refractivity contribution in [3.8, 4) is 0 Å². The lowest BCUT2D eigenvalue weighted by atomic mass is 9.96. The van der Waals surface area contributed by atoms with Gasteiger partial charge in [-0.15, -0.1) is 0 Å². The predicted octanol–water partition coefficient (Wildman–Crippen LogP) is 1.30. The summed E-state index contributed by atoms with van der Waals surface area (Å²) in [5.74, 6) is -0.0102. The number of rotatable bonds is 2. The summed E-state index contributed by atoms with van der Waals surface area (Å²) in [4.78, 5) is 12.2. The van der Waals surface area contributed by atoms with Gasteiger partial charge < -0.3 is 5.32 Å². The molecule has 4 heteroatoms. The van der Waals surface area contributed by atoms with Crippen LogP contribution in [0.4, 0.5) is 0 Å². The van der Waals surface area contributed by atoms with E-state index in [1.807, 2.05) is 19.2 Å².